The fraction of sp³-hybridized carbons (Fsp3) is 0.500. The molecular formula is C8H12O. The molecular weight excluding hydrogens is 112 g/mol. The van der Waals surface area contributed by atoms with Crippen molar-refractivity contribution < 1.29 is 4.74 Å². The first kappa shape index (κ1) is 6.40. The molecule has 0 saturated carbocycles. The van der Waals surface area contributed by atoms with Crippen molar-refractivity contribution in [3.63, 3.8) is 0 Å². The van der Waals surface area contributed by atoms with Crippen LogP contribution in [-0.2, 0) is 4.74 Å². The molecule has 1 heterocycles. The van der Waals surface area contributed by atoms with Crippen molar-refractivity contribution in [2.75, 3.05) is 0 Å². The summed E-state index contributed by atoms with van der Waals surface area (Å²) in [5.74, 6) is 0.641. The number of hydrogen-bond acceptors (Lipinski definition) is 1. The van der Waals surface area contributed by atoms with Gasteiger partial charge < -0.3 is 4.74 Å². The van der Waals surface area contributed by atoms with E-state index in [0.29, 0.717) is 5.92 Å². The van der Waals surface area contributed by atoms with Crippen molar-refractivity contribution >= 4 is 0 Å². The molecule has 0 aromatic heterocycles. The Labute approximate surface area is 56.0 Å². The van der Waals surface area contributed by atoms with Gasteiger partial charge in [0, 0.05) is 0 Å². The molecule has 1 aliphatic heterocycles. The van der Waals surface area contributed by atoms with E-state index in [0.717, 1.165) is 6.42 Å². The molecule has 0 fully saturated rings. The molecule has 0 amide bonds. The molecule has 0 radical (unpaired) electrons. The SMILES string of the molecule is C=CC1CC(C)C=CO1. The van der Waals surface area contributed by atoms with Gasteiger partial charge in [-0.25, -0.2) is 0 Å². The lowest BCUT2D eigenvalue weighted by molar-refractivity contribution is 0.149. The molecule has 1 aliphatic rings. The normalized spacial score (nSPS) is 33.4. The highest BCUT2D eigenvalue weighted by atomic mass is 16.5. The summed E-state index contributed by atoms with van der Waals surface area (Å²) in [5, 5.41) is 0. The lowest BCUT2D eigenvalue weighted by atomic mass is 10.0. The monoisotopic (exact) mass is 124 g/mol. The summed E-state index contributed by atoms with van der Waals surface area (Å²) in [7, 11) is 0. The summed E-state index contributed by atoms with van der Waals surface area (Å²) in [6.45, 7) is 5.84. The van der Waals surface area contributed by atoms with Crippen LogP contribution in [0.5, 0.6) is 0 Å². The van der Waals surface area contributed by atoms with Gasteiger partial charge in [0.2, 0.25) is 0 Å². The van der Waals surface area contributed by atoms with E-state index >= 15 is 0 Å². The maximum Gasteiger partial charge on any atom is 0.116 e. The molecule has 1 rings (SSSR count). The van der Waals surface area contributed by atoms with E-state index in [1.54, 1.807) is 6.26 Å². The van der Waals surface area contributed by atoms with Crippen LogP contribution in [0.2, 0.25) is 0 Å². The van der Waals surface area contributed by atoms with Gasteiger partial charge in [0.1, 0.15) is 6.10 Å². The Morgan fingerprint density at radius 1 is 1.78 bits per heavy atom. The second kappa shape index (κ2) is 2.72. The van der Waals surface area contributed by atoms with E-state index in [4.69, 9.17) is 4.74 Å². The average molecular weight is 124 g/mol. The third-order valence-electron chi connectivity index (χ3n) is 1.53. The zero-order valence-electron chi connectivity index (χ0n) is 5.71. The van der Waals surface area contributed by atoms with E-state index in [-0.39, 0.29) is 6.10 Å². The highest BCUT2D eigenvalue weighted by Gasteiger charge is 2.11. The molecule has 0 aromatic carbocycles. The summed E-state index contributed by atoms with van der Waals surface area (Å²) in [6.07, 6.45) is 6.99. The molecule has 50 valence electrons. The van der Waals surface area contributed by atoms with E-state index in [2.05, 4.69) is 19.6 Å². The van der Waals surface area contributed by atoms with E-state index < -0.39 is 0 Å². The zero-order valence-corrected chi connectivity index (χ0v) is 5.71. The Bertz CT molecular complexity index is 127. The van der Waals surface area contributed by atoms with Crippen LogP contribution in [-0.4, -0.2) is 6.10 Å². The minimum absolute atomic E-state index is 0.241. The van der Waals surface area contributed by atoms with Crippen LogP contribution in [0.1, 0.15) is 13.3 Å². The molecule has 2 atom stereocenters. The van der Waals surface area contributed by atoms with Crippen LogP contribution in [0.25, 0.3) is 0 Å². The molecule has 2 unspecified atom stereocenters. The first-order valence-electron chi connectivity index (χ1n) is 3.27. The van der Waals surface area contributed by atoms with E-state index in [9.17, 15) is 0 Å². The van der Waals surface area contributed by atoms with Crippen LogP contribution in [0.15, 0.2) is 25.0 Å². The van der Waals surface area contributed by atoms with E-state index in [1.807, 2.05) is 6.08 Å². The van der Waals surface area contributed by atoms with Crippen molar-refractivity contribution in [2.24, 2.45) is 5.92 Å². The third-order valence-corrected chi connectivity index (χ3v) is 1.53. The van der Waals surface area contributed by atoms with Gasteiger partial charge in [-0.05, 0) is 18.4 Å². The van der Waals surface area contributed by atoms with Gasteiger partial charge in [-0.3, -0.25) is 0 Å². The molecule has 0 N–H and O–H groups in total. The van der Waals surface area contributed by atoms with Gasteiger partial charge in [-0.15, -0.1) is 0 Å². The minimum atomic E-state index is 0.241. The molecule has 0 saturated heterocycles. The van der Waals surface area contributed by atoms with Gasteiger partial charge in [0.15, 0.2) is 0 Å². The Hall–Kier alpha value is -0.720. The Balaban J connectivity index is 2.46. The molecule has 0 bridgehead atoms. The molecule has 9 heavy (non-hydrogen) atoms. The predicted molar refractivity (Wildman–Crippen MR) is 38.0 cm³/mol. The molecule has 1 nitrogen and oxygen atoms in total. The molecule has 1 heteroatoms. The summed E-state index contributed by atoms with van der Waals surface area (Å²) in [5.41, 5.74) is 0. The van der Waals surface area contributed by atoms with Crippen LogP contribution >= 0.6 is 0 Å². The zero-order chi connectivity index (χ0) is 6.69. The Kier molecular flexibility index (Phi) is 1.93. The van der Waals surface area contributed by atoms with E-state index in [1.165, 1.54) is 0 Å². The van der Waals surface area contributed by atoms with Gasteiger partial charge in [-0.1, -0.05) is 19.6 Å². The van der Waals surface area contributed by atoms with Gasteiger partial charge in [-0.2, -0.15) is 0 Å². The highest BCUT2D eigenvalue weighted by Crippen LogP contribution is 2.16. The van der Waals surface area contributed by atoms with Crippen LogP contribution in [0.3, 0.4) is 0 Å². The Morgan fingerprint density at radius 3 is 3.00 bits per heavy atom. The third kappa shape index (κ3) is 1.60. The van der Waals surface area contributed by atoms with Crippen LogP contribution < -0.4 is 0 Å². The summed E-state index contributed by atoms with van der Waals surface area (Å²) in [4.78, 5) is 0. The first-order chi connectivity index (χ1) is 4.33. The van der Waals surface area contributed by atoms with Crippen molar-refractivity contribution in [1.82, 2.24) is 0 Å². The standard InChI is InChI=1S/C8H12O/c1-3-8-6-7(2)4-5-9-8/h3-5,7-8H,1,6H2,2H3. The lowest BCUT2D eigenvalue weighted by Gasteiger charge is -2.19. The summed E-state index contributed by atoms with van der Waals surface area (Å²) >= 11 is 0. The number of hydrogen-bond donors (Lipinski definition) is 0. The van der Waals surface area contributed by atoms with Crippen molar-refractivity contribution in [1.29, 1.82) is 0 Å². The van der Waals surface area contributed by atoms with Crippen molar-refractivity contribution in [3.8, 4) is 0 Å². The fourth-order valence-electron chi connectivity index (χ4n) is 0.933. The smallest absolute Gasteiger partial charge is 0.116 e. The van der Waals surface area contributed by atoms with Crippen LogP contribution in [0.4, 0.5) is 0 Å². The molecule has 0 aliphatic carbocycles. The summed E-state index contributed by atoms with van der Waals surface area (Å²) in [6, 6.07) is 0. The number of ether oxygens (including phenoxy) is 1. The topological polar surface area (TPSA) is 9.23 Å². The van der Waals surface area contributed by atoms with Gasteiger partial charge >= 0.3 is 0 Å². The molecule has 0 spiro atoms. The minimum Gasteiger partial charge on any atom is -0.494 e. The lowest BCUT2D eigenvalue weighted by Crippen LogP contribution is -2.13. The largest absolute Gasteiger partial charge is 0.494 e. The van der Waals surface area contributed by atoms with Crippen molar-refractivity contribution in [2.45, 2.75) is 19.4 Å². The predicted octanol–water partition coefficient (Wildman–Crippen LogP) is 2.11. The summed E-state index contributed by atoms with van der Waals surface area (Å²) < 4.78 is 5.20. The second-order valence-corrected chi connectivity index (χ2v) is 2.45. The maximum atomic E-state index is 5.20. The molecule has 0 aromatic rings. The highest BCUT2D eigenvalue weighted by molar-refractivity contribution is 4.93. The Morgan fingerprint density at radius 2 is 2.56 bits per heavy atom. The van der Waals surface area contributed by atoms with Gasteiger partial charge in [0.25, 0.3) is 0 Å². The fourth-order valence-corrected chi connectivity index (χ4v) is 0.933. The van der Waals surface area contributed by atoms with Crippen molar-refractivity contribution in [3.05, 3.63) is 25.0 Å². The van der Waals surface area contributed by atoms with Crippen LogP contribution in [0, 0.1) is 5.92 Å². The number of allylic oxidation sites excluding steroid dienone is 1. The number of rotatable bonds is 1. The van der Waals surface area contributed by atoms with Gasteiger partial charge in [0.05, 0.1) is 6.26 Å². The second-order valence-electron chi connectivity index (χ2n) is 2.45. The maximum absolute atomic E-state index is 5.20. The first-order valence-corrected chi connectivity index (χ1v) is 3.27. The quantitative estimate of drug-likeness (QED) is 0.486. The average Bonchev–Trinajstić information content (AvgIpc) is 1.88.